The van der Waals surface area contributed by atoms with Crippen LogP contribution < -0.4 is 5.32 Å². The summed E-state index contributed by atoms with van der Waals surface area (Å²) in [5, 5.41) is 10.2. The van der Waals surface area contributed by atoms with E-state index in [1.165, 1.54) is 6.92 Å². The van der Waals surface area contributed by atoms with Crippen LogP contribution in [-0.4, -0.2) is 36.9 Å². The first-order valence-corrected chi connectivity index (χ1v) is 8.43. The molecule has 0 fully saturated rings. The van der Waals surface area contributed by atoms with E-state index in [2.05, 4.69) is 5.32 Å². The molecule has 1 aromatic carbocycles. The van der Waals surface area contributed by atoms with E-state index in [0.29, 0.717) is 0 Å². The molecule has 0 bridgehead atoms. The van der Waals surface area contributed by atoms with Gasteiger partial charge in [-0.3, -0.25) is 9.59 Å². The van der Waals surface area contributed by atoms with Crippen molar-refractivity contribution < 1.29 is 23.1 Å². The first-order chi connectivity index (χ1) is 9.71. The monoisotopic (exact) mass is 313 g/mol. The predicted octanol–water partition coefficient (Wildman–Crippen LogP) is 1.14. The van der Waals surface area contributed by atoms with Crippen molar-refractivity contribution in [3.05, 3.63) is 35.9 Å². The quantitative estimate of drug-likeness (QED) is 0.786. The summed E-state index contributed by atoms with van der Waals surface area (Å²) in [6.45, 7) is 1.31. The Balaban J connectivity index is 2.88. The fraction of sp³-hybridized carbons (Fsp3) is 0.429. The number of carboxylic acids is 1. The lowest BCUT2D eigenvalue weighted by atomic mass is 10.0. The molecule has 6 nitrogen and oxygen atoms in total. The van der Waals surface area contributed by atoms with Crippen molar-refractivity contribution in [3.63, 3.8) is 0 Å². The lowest BCUT2D eigenvalue weighted by molar-refractivity contribution is -0.137. The zero-order chi connectivity index (χ0) is 16.0. The molecule has 0 aliphatic carbocycles. The van der Waals surface area contributed by atoms with Gasteiger partial charge in [0, 0.05) is 12.7 Å². The Hall–Kier alpha value is -1.89. The van der Waals surface area contributed by atoms with Gasteiger partial charge in [0.25, 0.3) is 0 Å². The number of aliphatic carboxylic acids is 1. The van der Waals surface area contributed by atoms with Crippen LogP contribution >= 0.6 is 0 Å². The molecular weight excluding hydrogens is 294 g/mol. The van der Waals surface area contributed by atoms with Crippen LogP contribution in [-0.2, 0) is 19.4 Å². The van der Waals surface area contributed by atoms with Crippen LogP contribution in [0.4, 0.5) is 0 Å². The summed E-state index contributed by atoms with van der Waals surface area (Å²) in [7, 11) is -3.49. The van der Waals surface area contributed by atoms with Crippen molar-refractivity contribution in [1.82, 2.24) is 5.32 Å². The lowest BCUT2D eigenvalue weighted by Crippen LogP contribution is -2.39. The number of carbonyl (C=O) groups excluding carboxylic acids is 1. The third-order valence-corrected chi connectivity index (χ3v) is 4.68. The maximum atomic E-state index is 12.0. The normalized spacial score (nSPS) is 14.2. The first kappa shape index (κ1) is 17.2. The highest BCUT2D eigenvalue weighted by atomic mass is 32.2. The topological polar surface area (TPSA) is 101 Å². The van der Waals surface area contributed by atoms with Crippen molar-refractivity contribution in [2.75, 3.05) is 6.26 Å². The summed E-state index contributed by atoms with van der Waals surface area (Å²) in [5.41, 5.74) is 0.743. The Morgan fingerprint density at radius 1 is 1.24 bits per heavy atom. The van der Waals surface area contributed by atoms with Crippen LogP contribution in [0.5, 0.6) is 0 Å². The maximum Gasteiger partial charge on any atom is 0.303 e. The van der Waals surface area contributed by atoms with E-state index in [4.69, 9.17) is 5.11 Å². The molecular formula is C14H19NO5S. The highest BCUT2D eigenvalue weighted by Crippen LogP contribution is 2.19. The SMILES string of the molecule is CC(C(=O)NC(CCC(=O)O)c1ccccc1)S(C)(=O)=O. The number of hydrogen-bond donors (Lipinski definition) is 2. The molecule has 0 aliphatic rings. The van der Waals surface area contributed by atoms with Crippen molar-refractivity contribution >= 4 is 21.7 Å². The smallest absolute Gasteiger partial charge is 0.303 e. The van der Waals surface area contributed by atoms with Gasteiger partial charge in [0.1, 0.15) is 5.25 Å². The molecule has 0 saturated carbocycles. The second-order valence-electron chi connectivity index (χ2n) is 4.88. The number of amides is 1. The molecule has 0 spiro atoms. The summed E-state index contributed by atoms with van der Waals surface area (Å²) in [4.78, 5) is 22.7. The van der Waals surface area contributed by atoms with Gasteiger partial charge in [-0.2, -0.15) is 0 Å². The van der Waals surface area contributed by atoms with Gasteiger partial charge in [-0.25, -0.2) is 8.42 Å². The van der Waals surface area contributed by atoms with Crippen LogP contribution in [0.3, 0.4) is 0 Å². The number of sulfone groups is 1. The maximum absolute atomic E-state index is 12.0. The zero-order valence-corrected chi connectivity index (χ0v) is 12.8. The molecule has 21 heavy (non-hydrogen) atoms. The second-order valence-corrected chi connectivity index (χ2v) is 7.24. The Morgan fingerprint density at radius 2 is 1.81 bits per heavy atom. The van der Waals surface area contributed by atoms with Gasteiger partial charge >= 0.3 is 5.97 Å². The Bertz CT molecular complexity index is 597. The minimum Gasteiger partial charge on any atom is -0.481 e. The lowest BCUT2D eigenvalue weighted by Gasteiger charge is -2.20. The van der Waals surface area contributed by atoms with Crippen LogP contribution in [0.15, 0.2) is 30.3 Å². The molecule has 0 saturated heterocycles. The van der Waals surface area contributed by atoms with Gasteiger partial charge in [0.2, 0.25) is 5.91 Å². The average molecular weight is 313 g/mol. The average Bonchev–Trinajstić information content (AvgIpc) is 2.42. The third kappa shape index (κ3) is 5.55. The summed E-state index contributed by atoms with van der Waals surface area (Å²) in [5.74, 6) is -1.60. The van der Waals surface area contributed by atoms with E-state index in [-0.39, 0.29) is 12.8 Å². The number of benzene rings is 1. The molecule has 1 amide bonds. The second kappa shape index (κ2) is 7.21. The van der Waals surface area contributed by atoms with Crippen molar-refractivity contribution in [3.8, 4) is 0 Å². The van der Waals surface area contributed by atoms with E-state index in [0.717, 1.165) is 11.8 Å². The summed E-state index contributed by atoms with van der Waals surface area (Å²) >= 11 is 0. The van der Waals surface area contributed by atoms with Crippen LogP contribution in [0.25, 0.3) is 0 Å². The van der Waals surface area contributed by atoms with Gasteiger partial charge in [-0.1, -0.05) is 30.3 Å². The molecule has 2 N–H and O–H groups in total. The molecule has 2 unspecified atom stereocenters. The van der Waals surface area contributed by atoms with Crippen molar-refractivity contribution in [2.45, 2.75) is 31.1 Å². The van der Waals surface area contributed by atoms with Gasteiger partial charge in [-0.05, 0) is 18.9 Å². The molecule has 116 valence electrons. The van der Waals surface area contributed by atoms with Gasteiger partial charge < -0.3 is 10.4 Å². The minimum atomic E-state index is -3.49. The van der Waals surface area contributed by atoms with Gasteiger partial charge in [0.05, 0.1) is 6.04 Å². The highest BCUT2D eigenvalue weighted by molar-refractivity contribution is 7.92. The van der Waals surface area contributed by atoms with Gasteiger partial charge in [0.15, 0.2) is 9.84 Å². The number of carbonyl (C=O) groups is 2. The summed E-state index contributed by atoms with van der Waals surface area (Å²) in [6, 6.07) is 8.35. The van der Waals surface area contributed by atoms with Crippen LogP contribution in [0.2, 0.25) is 0 Å². The number of hydrogen-bond acceptors (Lipinski definition) is 4. The fourth-order valence-corrected chi connectivity index (χ4v) is 2.22. The largest absolute Gasteiger partial charge is 0.481 e. The molecule has 0 aliphatic heterocycles. The molecule has 7 heteroatoms. The van der Waals surface area contributed by atoms with Crippen LogP contribution in [0, 0.1) is 0 Å². The summed E-state index contributed by atoms with van der Waals surface area (Å²) < 4.78 is 22.8. The fourth-order valence-electron chi connectivity index (χ4n) is 1.76. The molecule has 2 atom stereocenters. The van der Waals surface area contributed by atoms with E-state index in [1.54, 1.807) is 30.3 Å². The van der Waals surface area contributed by atoms with E-state index < -0.39 is 33.0 Å². The molecule has 1 rings (SSSR count). The first-order valence-electron chi connectivity index (χ1n) is 6.47. The Morgan fingerprint density at radius 3 is 2.29 bits per heavy atom. The predicted molar refractivity (Wildman–Crippen MR) is 78.5 cm³/mol. The van der Waals surface area contributed by atoms with Crippen molar-refractivity contribution in [2.24, 2.45) is 0 Å². The van der Waals surface area contributed by atoms with Gasteiger partial charge in [-0.15, -0.1) is 0 Å². The summed E-state index contributed by atoms with van der Waals surface area (Å²) in [6.07, 6.45) is 1.07. The van der Waals surface area contributed by atoms with E-state index >= 15 is 0 Å². The molecule has 0 radical (unpaired) electrons. The third-order valence-electron chi connectivity index (χ3n) is 3.18. The molecule has 0 heterocycles. The Labute approximate surface area is 124 Å². The van der Waals surface area contributed by atoms with E-state index in [9.17, 15) is 18.0 Å². The number of carboxylic acid groups (broad SMARTS) is 1. The number of nitrogens with one attached hydrogen (secondary N) is 1. The number of rotatable bonds is 7. The Kier molecular flexibility index (Phi) is 5.90. The highest BCUT2D eigenvalue weighted by Gasteiger charge is 2.26. The van der Waals surface area contributed by atoms with E-state index in [1.807, 2.05) is 0 Å². The minimum absolute atomic E-state index is 0.118. The van der Waals surface area contributed by atoms with Crippen molar-refractivity contribution in [1.29, 1.82) is 0 Å². The van der Waals surface area contributed by atoms with Crippen LogP contribution in [0.1, 0.15) is 31.4 Å². The molecule has 1 aromatic rings. The zero-order valence-electron chi connectivity index (χ0n) is 11.9. The standard InChI is InChI=1S/C14H19NO5S/c1-10(21(2,19)20)14(18)15-12(8-9-13(16)17)11-6-4-3-5-7-11/h3-7,10,12H,8-9H2,1-2H3,(H,15,18)(H,16,17). The molecule has 0 aromatic heterocycles.